The van der Waals surface area contributed by atoms with Crippen LogP contribution in [0, 0.1) is 0 Å². The lowest BCUT2D eigenvalue weighted by Crippen LogP contribution is -2.60. The molecule has 1 fully saturated rings. The highest BCUT2D eigenvalue weighted by Crippen LogP contribution is 2.23. The van der Waals surface area contributed by atoms with Gasteiger partial charge >= 0.3 is 17.9 Å². The normalized spacial score (nSPS) is 19.7. The molecule has 0 aromatic heterocycles. The van der Waals surface area contributed by atoms with Gasteiger partial charge in [-0.25, -0.2) is 4.79 Å². The van der Waals surface area contributed by atoms with E-state index < -0.39 is 61.3 Å². The third-order valence-corrected chi connectivity index (χ3v) is 11.7. The predicted octanol–water partition coefficient (Wildman–Crippen LogP) is 11.9. The van der Waals surface area contributed by atoms with Gasteiger partial charge in [-0.1, -0.05) is 198 Å². The molecule has 11 heteroatoms. The first-order valence-corrected chi connectivity index (χ1v) is 25.5. The van der Waals surface area contributed by atoms with Crippen LogP contribution >= 0.6 is 0 Å². The van der Waals surface area contributed by atoms with Gasteiger partial charge in [0.2, 0.25) is 0 Å². The minimum Gasteiger partial charge on any atom is -0.479 e. The Labute approximate surface area is 382 Å². The van der Waals surface area contributed by atoms with Crippen LogP contribution in [0.25, 0.3) is 0 Å². The summed E-state index contributed by atoms with van der Waals surface area (Å²) in [5.74, 6) is -2.45. The highest BCUT2D eigenvalue weighted by molar-refractivity contribution is 5.73. The first kappa shape index (κ1) is 58.4. The van der Waals surface area contributed by atoms with Gasteiger partial charge in [-0.15, -0.1) is 0 Å². The van der Waals surface area contributed by atoms with Gasteiger partial charge in [0.05, 0.1) is 6.61 Å². The zero-order chi connectivity index (χ0) is 46.0. The molecule has 4 N–H and O–H groups in total. The van der Waals surface area contributed by atoms with Gasteiger partial charge in [-0.05, 0) is 51.4 Å². The molecule has 0 aromatic carbocycles. The van der Waals surface area contributed by atoms with E-state index in [0.717, 1.165) is 70.6 Å². The number of carbonyl (C=O) groups excluding carboxylic acids is 2. The molecule has 11 nitrogen and oxygen atoms in total. The predicted molar refractivity (Wildman–Crippen MR) is 252 cm³/mol. The maximum atomic E-state index is 12.8. The van der Waals surface area contributed by atoms with E-state index in [4.69, 9.17) is 18.9 Å². The first-order chi connectivity index (χ1) is 30.7. The van der Waals surface area contributed by atoms with Gasteiger partial charge in [-0.3, -0.25) is 9.59 Å². The van der Waals surface area contributed by atoms with Crippen molar-refractivity contribution in [3.8, 4) is 0 Å². The zero-order valence-electron chi connectivity index (χ0n) is 39.8. The lowest BCUT2D eigenvalue weighted by molar-refractivity contribution is -0.298. The van der Waals surface area contributed by atoms with Crippen molar-refractivity contribution in [3.63, 3.8) is 0 Å². The molecule has 63 heavy (non-hydrogen) atoms. The van der Waals surface area contributed by atoms with Crippen molar-refractivity contribution < 1.29 is 53.8 Å². The number of carboxylic acid groups (broad SMARTS) is 1. The van der Waals surface area contributed by atoms with Crippen molar-refractivity contribution in [3.05, 3.63) is 36.5 Å². The number of rotatable bonds is 43. The van der Waals surface area contributed by atoms with E-state index in [1.165, 1.54) is 116 Å². The second-order valence-corrected chi connectivity index (χ2v) is 17.7. The second kappa shape index (κ2) is 42.1. The highest BCUT2D eigenvalue weighted by Gasteiger charge is 2.47. The molecule has 366 valence electrons. The average molecular weight is 893 g/mol. The molecule has 1 rings (SSSR count). The molecule has 0 aliphatic carbocycles. The number of carboxylic acids is 1. The van der Waals surface area contributed by atoms with Crippen LogP contribution in [0.4, 0.5) is 0 Å². The quantitative estimate of drug-likeness (QED) is 0.0261. The SMILES string of the molecule is CCCCC/C=C\C/C=C\C/C=C\CCCCCCCCC(=O)OCC(COC1OC(C(=O)O)C(O)C(O)C1O)OC(=O)CCCCCCCCCCCCCCCCCCCC. The van der Waals surface area contributed by atoms with E-state index in [-0.39, 0.29) is 19.4 Å². The molecule has 6 atom stereocenters. The number of aliphatic carboxylic acids is 1. The van der Waals surface area contributed by atoms with Crippen LogP contribution in [0.1, 0.15) is 226 Å². The lowest BCUT2D eigenvalue weighted by atomic mass is 9.99. The van der Waals surface area contributed by atoms with Crippen molar-refractivity contribution in [1.82, 2.24) is 0 Å². The Morgan fingerprint density at radius 2 is 0.889 bits per heavy atom. The number of hydrogen-bond donors (Lipinski definition) is 4. The summed E-state index contributed by atoms with van der Waals surface area (Å²) in [5.41, 5.74) is 0. The minimum absolute atomic E-state index is 0.183. The summed E-state index contributed by atoms with van der Waals surface area (Å²) < 4.78 is 21.8. The van der Waals surface area contributed by atoms with Crippen molar-refractivity contribution in [2.75, 3.05) is 13.2 Å². The van der Waals surface area contributed by atoms with Crippen LogP contribution < -0.4 is 0 Å². The number of hydrogen-bond acceptors (Lipinski definition) is 10. The zero-order valence-corrected chi connectivity index (χ0v) is 39.8. The van der Waals surface area contributed by atoms with E-state index in [0.29, 0.717) is 12.8 Å². The van der Waals surface area contributed by atoms with Gasteiger partial charge in [0, 0.05) is 12.8 Å². The smallest absolute Gasteiger partial charge is 0.335 e. The third kappa shape index (κ3) is 33.6. The number of unbranched alkanes of at least 4 members (excludes halogenated alkanes) is 26. The molecule has 1 aliphatic rings. The molecule has 0 bridgehead atoms. The van der Waals surface area contributed by atoms with Gasteiger partial charge in [0.15, 0.2) is 18.5 Å². The maximum Gasteiger partial charge on any atom is 0.335 e. The number of allylic oxidation sites excluding steroid dienone is 6. The van der Waals surface area contributed by atoms with Crippen molar-refractivity contribution >= 4 is 17.9 Å². The summed E-state index contributed by atoms with van der Waals surface area (Å²) in [7, 11) is 0. The Bertz CT molecular complexity index is 1190. The van der Waals surface area contributed by atoms with Gasteiger partial charge in [-0.2, -0.15) is 0 Å². The molecule has 1 heterocycles. The van der Waals surface area contributed by atoms with Crippen LogP contribution in [0.3, 0.4) is 0 Å². The highest BCUT2D eigenvalue weighted by atomic mass is 16.7. The average Bonchev–Trinajstić information content (AvgIpc) is 3.27. The molecular formula is C52H92O11. The summed E-state index contributed by atoms with van der Waals surface area (Å²) in [5, 5.41) is 39.9. The number of carbonyl (C=O) groups is 3. The third-order valence-electron chi connectivity index (χ3n) is 11.7. The Balaban J connectivity index is 2.31. The van der Waals surface area contributed by atoms with Crippen LogP contribution in [0.5, 0.6) is 0 Å². The van der Waals surface area contributed by atoms with Crippen LogP contribution in [-0.2, 0) is 33.3 Å². The summed E-state index contributed by atoms with van der Waals surface area (Å²) in [6.07, 6.45) is 40.4. The topological polar surface area (TPSA) is 169 Å². The van der Waals surface area contributed by atoms with Crippen LogP contribution in [-0.4, -0.2) is 88.4 Å². The Morgan fingerprint density at radius 1 is 0.492 bits per heavy atom. The van der Waals surface area contributed by atoms with Crippen molar-refractivity contribution in [2.45, 2.75) is 263 Å². The summed E-state index contributed by atoms with van der Waals surface area (Å²) in [6.45, 7) is 3.81. The molecule has 1 saturated heterocycles. The van der Waals surface area contributed by atoms with E-state index in [1.807, 2.05) is 0 Å². The van der Waals surface area contributed by atoms with Crippen LogP contribution in [0.15, 0.2) is 36.5 Å². The van der Waals surface area contributed by atoms with E-state index in [2.05, 4.69) is 50.3 Å². The van der Waals surface area contributed by atoms with Crippen LogP contribution in [0.2, 0.25) is 0 Å². The van der Waals surface area contributed by atoms with E-state index >= 15 is 0 Å². The molecule has 6 unspecified atom stereocenters. The lowest BCUT2D eigenvalue weighted by Gasteiger charge is -2.38. The number of aliphatic hydroxyl groups is 3. The largest absolute Gasteiger partial charge is 0.479 e. The summed E-state index contributed by atoms with van der Waals surface area (Å²) in [6, 6.07) is 0. The molecular weight excluding hydrogens is 801 g/mol. The second-order valence-electron chi connectivity index (χ2n) is 17.7. The fraction of sp³-hybridized carbons (Fsp3) is 0.827. The van der Waals surface area contributed by atoms with Gasteiger partial charge < -0.3 is 39.4 Å². The molecule has 0 spiro atoms. The fourth-order valence-electron chi connectivity index (χ4n) is 7.71. The number of ether oxygens (including phenoxy) is 4. The molecule has 0 aromatic rings. The van der Waals surface area contributed by atoms with E-state index in [1.54, 1.807) is 0 Å². The fourth-order valence-corrected chi connectivity index (χ4v) is 7.71. The standard InChI is InChI=1S/C52H92O11/c1-3-5-7-9-11-13-15-17-19-21-23-25-26-28-30-32-34-36-38-40-45(53)60-42-44(43-61-52-49(57)47(55)48(56)50(63-52)51(58)59)62-46(54)41-39-37-35-33-31-29-27-24-22-20-18-16-14-12-10-8-6-4-2/h11,13,17,19,23,25,44,47-50,52,55-57H,3-10,12,14-16,18,20-22,24,26-43H2,1-2H3,(H,58,59)/b13-11-,19-17-,25-23-. The minimum atomic E-state index is -1.86. The Morgan fingerprint density at radius 3 is 1.37 bits per heavy atom. The van der Waals surface area contributed by atoms with Gasteiger partial charge in [0.25, 0.3) is 0 Å². The van der Waals surface area contributed by atoms with Gasteiger partial charge in [0.1, 0.15) is 24.9 Å². The van der Waals surface area contributed by atoms with E-state index in [9.17, 15) is 34.8 Å². The number of aliphatic hydroxyl groups excluding tert-OH is 3. The molecule has 0 saturated carbocycles. The molecule has 0 amide bonds. The Kier molecular flexibility index (Phi) is 39.0. The summed E-state index contributed by atoms with van der Waals surface area (Å²) >= 11 is 0. The maximum absolute atomic E-state index is 12.8. The Hall–Kier alpha value is -2.57. The van der Waals surface area contributed by atoms with Crippen molar-refractivity contribution in [2.24, 2.45) is 0 Å². The monoisotopic (exact) mass is 893 g/mol. The summed E-state index contributed by atoms with van der Waals surface area (Å²) in [4.78, 5) is 37.0. The van der Waals surface area contributed by atoms with Crippen molar-refractivity contribution in [1.29, 1.82) is 0 Å². The molecule has 1 aliphatic heterocycles. The number of esters is 2. The first-order valence-electron chi connectivity index (χ1n) is 25.5. The molecule has 0 radical (unpaired) electrons.